The first-order valence-corrected chi connectivity index (χ1v) is 6.93. The number of benzene rings is 1. The molecule has 0 saturated carbocycles. The van der Waals surface area contributed by atoms with Crippen molar-refractivity contribution in [2.75, 3.05) is 6.54 Å². The van der Waals surface area contributed by atoms with Gasteiger partial charge in [-0.2, -0.15) is 0 Å². The van der Waals surface area contributed by atoms with Gasteiger partial charge in [-0.3, -0.25) is 0 Å². The average molecular weight is 256 g/mol. The van der Waals surface area contributed by atoms with Gasteiger partial charge in [0.1, 0.15) is 5.01 Å². The molecule has 2 nitrogen and oxygen atoms in total. The Hall–Kier alpha value is -1.63. The molecular weight excluding hydrogens is 240 g/mol. The van der Waals surface area contributed by atoms with Crippen molar-refractivity contribution in [2.45, 2.75) is 19.3 Å². The number of nitrogens with two attached hydrogens (primary N) is 1. The second kappa shape index (κ2) is 6.95. The maximum atomic E-state index is 5.41. The van der Waals surface area contributed by atoms with Gasteiger partial charge in [0.15, 0.2) is 0 Å². The molecule has 0 atom stereocenters. The van der Waals surface area contributed by atoms with Gasteiger partial charge in [-0.1, -0.05) is 36.3 Å². The molecule has 0 amide bonds. The molecule has 0 bridgehead atoms. The fraction of sp³-hybridized carbons (Fsp3) is 0.267. The molecule has 0 aliphatic carbocycles. The fourth-order valence-corrected chi connectivity index (χ4v) is 2.29. The molecule has 0 unspecified atom stereocenters. The third kappa shape index (κ3) is 3.69. The number of hydrogen-bond acceptors (Lipinski definition) is 3. The van der Waals surface area contributed by atoms with Crippen LogP contribution in [0.15, 0.2) is 35.7 Å². The summed E-state index contributed by atoms with van der Waals surface area (Å²) < 4.78 is 0. The number of rotatable bonds is 4. The number of unbranched alkanes of at least 4 members (excludes halogenated alkanes) is 1. The van der Waals surface area contributed by atoms with Crippen LogP contribution in [0, 0.1) is 11.8 Å². The highest BCUT2D eigenvalue weighted by atomic mass is 32.1. The maximum absolute atomic E-state index is 5.41. The minimum Gasteiger partial charge on any atom is -0.330 e. The maximum Gasteiger partial charge on any atom is 0.105 e. The number of aromatic nitrogens is 1. The van der Waals surface area contributed by atoms with E-state index >= 15 is 0 Å². The minimum absolute atomic E-state index is 0.712. The Kier molecular flexibility index (Phi) is 4.95. The van der Waals surface area contributed by atoms with Crippen LogP contribution < -0.4 is 5.73 Å². The molecule has 1 aromatic carbocycles. The molecule has 92 valence electrons. The van der Waals surface area contributed by atoms with Gasteiger partial charge < -0.3 is 5.73 Å². The smallest absolute Gasteiger partial charge is 0.105 e. The average Bonchev–Trinajstić information content (AvgIpc) is 2.88. The third-order valence-corrected chi connectivity index (χ3v) is 3.34. The number of nitrogens with zero attached hydrogens (tertiary/aromatic N) is 1. The zero-order valence-electron chi connectivity index (χ0n) is 10.2. The van der Waals surface area contributed by atoms with E-state index in [-0.39, 0.29) is 0 Å². The largest absolute Gasteiger partial charge is 0.330 e. The zero-order valence-corrected chi connectivity index (χ0v) is 11.0. The van der Waals surface area contributed by atoms with Crippen molar-refractivity contribution in [1.29, 1.82) is 0 Å². The second-order valence-corrected chi connectivity index (χ2v) is 4.86. The lowest BCUT2D eigenvalue weighted by Crippen LogP contribution is -1.96. The standard InChI is InChI=1S/C15H16N2S/c16-11-7-2-1-6-10-15-17-14(12-18-15)13-8-4-3-5-9-13/h3-5,8-9,12H,2,7,10-11,16H2. The first-order chi connectivity index (χ1) is 8.90. The van der Waals surface area contributed by atoms with Gasteiger partial charge in [0.25, 0.3) is 0 Å². The van der Waals surface area contributed by atoms with E-state index < -0.39 is 0 Å². The second-order valence-electron chi connectivity index (χ2n) is 3.92. The van der Waals surface area contributed by atoms with Crippen LogP contribution in [0.1, 0.15) is 17.8 Å². The van der Waals surface area contributed by atoms with Crippen molar-refractivity contribution < 1.29 is 0 Å². The summed E-state index contributed by atoms with van der Waals surface area (Å²) in [6.45, 7) is 0.712. The summed E-state index contributed by atoms with van der Waals surface area (Å²) in [5.74, 6) is 6.26. The summed E-state index contributed by atoms with van der Waals surface area (Å²) in [6.07, 6.45) is 2.59. The molecule has 2 aromatic rings. The quantitative estimate of drug-likeness (QED) is 0.674. The number of hydrogen-bond donors (Lipinski definition) is 1. The fourth-order valence-electron chi connectivity index (χ4n) is 1.55. The van der Waals surface area contributed by atoms with E-state index in [0.29, 0.717) is 6.54 Å². The van der Waals surface area contributed by atoms with Crippen LogP contribution in [0.2, 0.25) is 0 Å². The molecule has 18 heavy (non-hydrogen) atoms. The number of thiazole rings is 1. The Morgan fingerprint density at radius 3 is 2.78 bits per heavy atom. The van der Waals surface area contributed by atoms with Crippen molar-refractivity contribution in [2.24, 2.45) is 5.73 Å². The Labute approximate surface area is 112 Å². The molecule has 1 heterocycles. The predicted octanol–water partition coefficient (Wildman–Crippen LogP) is 3.09. The van der Waals surface area contributed by atoms with Crippen LogP contribution >= 0.6 is 11.3 Å². The lowest BCUT2D eigenvalue weighted by Gasteiger charge is -1.93. The van der Waals surface area contributed by atoms with Gasteiger partial charge in [-0.05, 0) is 13.0 Å². The molecule has 3 heteroatoms. The molecule has 0 spiro atoms. The molecule has 2 N–H and O–H groups in total. The SMILES string of the molecule is NCCCC#CCc1nc(-c2ccccc2)cs1. The highest BCUT2D eigenvalue weighted by molar-refractivity contribution is 7.10. The van der Waals surface area contributed by atoms with Crippen molar-refractivity contribution in [1.82, 2.24) is 4.98 Å². The van der Waals surface area contributed by atoms with Gasteiger partial charge >= 0.3 is 0 Å². The summed E-state index contributed by atoms with van der Waals surface area (Å²) in [6, 6.07) is 10.2. The first kappa shape index (κ1) is 12.8. The summed E-state index contributed by atoms with van der Waals surface area (Å²) in [4.78, 5) is 4.59. The summed E-state index contributed by atoms with van der Waals surface area (Å²) in [7, 11) is 0. The lowest BCUT2D eigenvalue weighted by molar-refractivity contribution is 0.869. The Morgan fingerprint density at radius 2 is 2.00 bits per heavy atom. The van der Waals surface area contributed by atoms with E-state index in [1.54, 1.807) is 11.3 Å². The molecule has 0 aliphatic heterocycles. The van der Waals surface area contributed by atoms with Crippen molar-refractivity contribution in [3.63, 3.8) is 0 Å². The van der Waals surface area contributed by atoms with E-state index in [1.165, 1.54) is 0 Å². The van der Waals surface area contributed by atoms with Gasteiger partial charge in [0.2, 0.25) is 0 Å². The van der Waals surface area contributed by atoms with Gasteiger partial charge in [-0.15, -0.1) is 17.3 Å². The topological polar surface area (TPSA) is 38.9 Å². The summed E-state index contributed by atoms with van der Waals surface area (Å²) in [5, 5.41) is 3.17. The molecule has 0 aliphatic rings. The van der Waals surface area contributed by atoms with Crippen LogP contribution in [0.4, 0.5) is 0 Å². The lowest BCUT2D eigenvalue weighted by atomic mass is 10.2. The molecule has 0 fully saturated rings. The van der Waals surface area contributed by atoms with Crippen molar-refractivity contribution >= 4 is 11.3 Å². The summed E-state index contributed by atoms with van der Waals surface area (Å²) >= 11 is 1.67. The Morgan fingerprint density at radius 1 is 1.17 bits per heavy atom. The van der Waals surface area contributed by atoms with Crippen LogP contribution in [-0.2, 0) is 6.42 Å². The Balaban J connectivity index is 1.96. The van der Waals surface area contributed by atoms with E-state index in [1.807, 2.05) is 18.2 Å². The van der Waals surface area contributed by atoms with Crippen molar-refractivity contribution in [3.8, 4) is 23.1 Å². The van der Waals surface area contributed by atoms with Crippen LogP contribution in [0.25, 0.3) is 11.3 Å². The zero-order chi connectivity index (χ0) is 12.6. The molecule has 2 rings (SSSR count). The van der Waals surface area contributed by atoms with E-state index in [2.05, 4.69) is 34.3 Å². The van der Waals surface area contributed by atoms with E-state index in [9.17, 15) is 0 Å². The summed E-state index contributed by atoms with van der Waals surface area (Å²) in [5.41, 5.74) is 7.62. The van der Waals surface area contributed by atoms with Crippen LogP contribution in [0.5, 0.6) is 0 Å². The molecular formula is C15H16N2S. The van der Waals surface area contributed by atoms with E-state index in [0.717, 1.165) is 35.5 Å². The molecule has 1 aromatic heterocycles. The normalized spacial score (nSPS) is 9.83. The van der Waals surface area contributed by atoms with Crippen LogP contribution in [-0.4, -0.2) is 11.5 Å². The molecule has 0 saturated heterocycles. The minimum atomic E-state index is 0.712. The Bertz CT molecular complexity index is 534. The third-order valence-electron chi connectivity index (χ3n) is 2.49. The van der Waals surface area contributed by atoms with Crippen LogP contribution in [0.3, 0.4) is 0 Å². The van der Waals surface area contributed by atoms with Gasteiger partial charge in [-0.25, -0.2) is 4.98 Å². The first-order valence-electron chi connectivity index (χ1n) is 6.06. The van der Waals surface area contributed by atoms with E-state index in [4.69, 9.17) is 5.73 Å². The predicted molar refractivity (Wildman–Crippen MR) is 77.3 cm³/mol. The molecule has 0 radical (unpaired) electrons. The van der Waals surface area contributed by atoms with Crippen molar-refractivity contribution in [3.05, 3.63) is 40.7 Å². The van der Waals surface area contributed by atoms with Gasteiger partial charge in [0.05, 0.1) is 12.1 Å². The van der Waals surface area contributed by atoms with Gasteiger partial charge in [0, 0.05) is 17.4 Å². The monoisotopic (exact) mass is 256 g/mol. The highest BCUT2D eigenvalue weighted by Crippen LogP contribution is 2.21. The highest BCUT2D eigenvalue weighted by Gasteiger charge is 2.02.